The first-order chi connectivity index (χ1) is 11.7. The second kappa shape index (κ2) is 5.77. The van der Waals surface area contributed by atoms with Crippen LogP contribution < -0.4 is 0 Å². The lowest BCUT2D eigenvalue weighted by Gasteiger charge is -2.09. The summed E-state index contributed by atoms with van der Waals surface area (Å²) in [7, 11) is 0. The van der Waals surface area contributed by atoms with Crippen molar-refractivity contribution in [2.45, 2.75) is 6.42 Å². The minimum atomic E-state index is -0.264. The Morgan fingerprint density at radius 3 is 2.71 bits per heavy atom. The lowest BCUT2D eigenvalue weighted by Crippen LogP contribution is -2.04. The van der Waals surface area contributed by atoms with Crippen LogP contribution in [0.1, 0.15) is 11.4 Å². The molecule has 0 saturated carbocycles. The molecular formula is C19H14FN3O. The highest BCUT2D eigenvalue weighted by molar-refractivity contribution is 5.74. The molecule has 0 fully saturated rings. The molecule has 2 heterocycles. The maximum absolute atomic E-state index is 14.0. The number of aromatic nitrogens is 3. The van der Waals surface area contributed by atoms with Crippen LogP contribution in [0, 0.1) is 5.82 Å². The third-order valence-electron chi connectivity index (χ3n) is 3.88. The molecule has 1 N–H and O–H groups in total. The topological polar surface area (TPSA) is 50.9 Å². The zero-order valence-corrected chi connectivity index (χ0v) is 12.7. The number of pyridine rings is 1. The van der Waals surface area contributed by atoms with Crippen LogP contribution in [0.15, 0.2) is 66.9 Å². The fourth-order valence-corrected chi connectivity index (χ4v) is 2.79. The summed E-state index contributed by atoms with van der Waals surface area (Å²) in [6.07, 6.45) is 2.02. The summed E-state index contributed by atoms with van der Waals surface area (Å²) in [5.74, 6) is 0.557. The van der Waals surface area contributed by atoms with Crippen LogP contribution in [-0.4, -0.2) is 19.6 Å². The van der Waals surface area contributed by atoms with Crippen LogP contribution in [0.2, 0.25) is 0 Å². The number of rotatable bonds is 3. The molecule has 4 nitrogen and oxygen atoms in total. The van der Waals surface area contributed by atoms with Crippen molar-refractivity contribution >= 4 is 11.2 Å². The number of phenols is 1. The standard InChI is InChI=1S/C19H14FN3O/c20-16-8-2-1-5-13(16)11-18-22-17-9-4-10-21-19(17)23(18)14-6-3-7-15(24)12-14/h1-10,12,24H,11H2. The Bertz CT molecular complexity index is 1030. The van der Waals surface area contributed by atoms with Gasteiger partial charge in [0.1, 0.15) is 22.9 Å². The van der Waals surface area contributed by atoms with Crippen molar-refractivity contribution in [3.05, 3.63) is 84.1 Å². The van der Waals surface area contributed by atoms with E-state index in [4.69, 9.17) is 0 Å². The van der Waals surface area contributed by atoms with E-state index in [0.29, 0.717) is 23.5 Å². The van der Waals surface area contributed by atoms with E-state index in [1.165, 1.54) is 6.07 Å². The Labute approximate surface area is 137 Å². The van der Waals surface area contributed by atoms with Crippen molar-refractivity contribution in [2.24, 2.45) is 0 Å². The molecule has 0 aliphatic rings. The minimum Gasteiger partial charge on any atom is -0.508 e. The van der Waals surface area contributed by atoms with Crippen molar-refractivity contribution < 1.29 is 9.50 Å². The largest absolute Gasteiger partial charge is 0.508 e. The molecule has 2 aromatic carbocycles. The number of halogens is 1. The zero-order valence-electron chi connectivity index (χ0n) is 12.7. The molecular weight excluding hydrogens is 305 g/mol. The van der Waals surface area contributed by atoms with Gasteiger partial charge in [-0.15, -0.1) is 0 Å². The van der Waals surface area contributed by atoms with E-state index < -0.39 is 0 Å². The maximum atomic E-state index is 14.0. The number of phenolic OH excluding ortho intramolecular Hbond substituents is 1. The lowest BCUT2D eigenvalue weighted by molar-refractivity contribution is 0.475. The van der Waals surface area contributed by atoms with Crippen LogP contribution in [-0.2, 0) is 6.42 Å². The average molecular weight is 319 g/mol. The number of hydrogen-bond donors (Lipinski definition) is 1. The minimum absolute atomic E-state index is 0.155. The van der Waals surface area contributed by atoms with Crippen LogP contribution in [0.3, 0.4) is 0 Å². The van der Waals surface area contributed by atoms with Crippen LogP contribution in [0.5, 0.6) is 5.75 Å². The Balaban J connectivity index is 1.92. The van der Waals surface area contributed by atoms with Gasteiger partial charge >= 0.3 is 0 Å². The highest BCUT2D eigenvalue weighted by Crippen LogP contribution is 2.24. The third kappa shape index (κ3) is 2.50. The summed E-state index contributed by atoms with van der Waals surface area (Å²) in [6.45, 7) is 0. The number of aromatic hydroxyl groups is 1. The van der Waals surface area contributed by atoms with Gasteiger partial charge in [-0.05, 0) is 35.9 Å². The number of nitrogens with zero attached hydrogens (tertiary/aromatic N) is 3. The van der Waals surface area contributed by atoms with Gasteiger partial charge in [-0.3, -0.25) is 4.57 Å². The van der Waals surface area contributed by atoms with Gasteiger partial charge in [0.25, 0.3) is 0 Å². The van der Waals surface area contributed by atoms with Gasteiger partial charge in [0.05, 0.1) is 5.69 Å². The van der Waals surface area contributed by atoms with Crippen LogP contribution in [0.4, 0.5) is 4.39 Å². The fourth-order valence-electron chi connectivity index (χ4n) is 2.79. The van der Waals surface area contributed by atoms with Crippen molar-refractivity contribution in [1.29, 1.82) is 0 Å². The molecule has 0 atom stereocenters. The number of imidazole rings is 1. The Kier molecular flexibility index (Phi) is 3.46. The molecule has 0 amide bonds. The summed E-state index contributed by atoms with van der Waals surface area (Å²) >= 11 is 0. The molecule has 0 radical (unpaired) electrons. The Morgan fingerprint density at radius 2 is 1.88 bits per heavy atom. The van der Waals surface area contributed by atoms with E-state index >= 15 is 0 Å². The Hall–Kier alpha value is -3.21. The molecule has 4 rings (SSSR count). The molecule has 0 saturated heterocycles. The lowest BCUT2D eigenvalue weighted by atomic mass is 10.1. The molecule has 0 bridgehead atoms. The summed E-state index contributed by atoms with van der Waals surface area (Å²) in [5, 5.41) is 9.79. The van der Waals surface area contributed by atoms with E-state index in [1.54, 1.807) is 42.6 Å². The van der Waals surface area contributed by atoms with E-state index in [9.17, 15) is 9.50 Å². The van der Waals surface area contributed by atoms with E-state index in [1.807, 2.05) is 22.8 Å². The molecule has 0 unspecified atom stereocenters. The molecule has 5 heteroatoms. The Morgan fingerprint density at radius 1 is 1.00 bits per heavy atom. The number of benzene rings is 2. The SMILES string of the molecule is Oc1cccc(-n2c(Cc3ccccc3F)nc3cccnc32)c1. The van der Waals surface area contributed by atoms with Crippen LogP contribution in [0.25, 0.3) is 16.9 Å². The van der Waals surface area contributed by atoms with Gasteiger partial charge < -0.3 is 5.11 Å². The second-order valence-corrected chi connectivity index (χ2v) is 5.50. The molecule has 118 valence electrons. The van der Waals surface area contributed by atoms with Crippen molar-refractivity contribution in [2.75, 3.05) is 0 Å². The summed E-state index contributed by atoms with van der Waals surface area (Å²) < 4.78 is 15.9. The fraction of sp³-hybridized carbons (Fsp3) is 0.0526. The van der Waals surface area contributed by atoms with Gasteiger partial charge in [0, 0.05) is 18.7 Å². The van der Waals surface area contributed by atoms with Gasteiger partial charge in [0.2, 0.25) is 0 Å². The average Bonchev–Trinajstić information content (AvgIpc) is 2.95. The quantitative estimate of drug-likeness (QED) is 0.624. The van der Waals surface area contributed by atoms with Gasteiger partial charge in [-0.25, -0.2) is 14.4 Å². The highest BCUT2D eigenvalue weighted by atomic mass is 19.1. The van der Waals surface area contributed by atoms with E-state index in [2.05, 4.69) is 9.97 Å². The first kappa shape index (κ1) is 14.4. The molecule has 24 heavy (non-hydrogen) atoms. The third-order valence-corrected chi connectivity index (χ3v) is 3.88. The van der Waals surface area contributed by atoms with E-state index in [0.717, 1.165) is 11.2 Å². The number of hydrogen-bond acceptors (Lipinski definition) is 3. The first-order valence-corrected chi connectivity index (χ1v) is 7.57. The van der Waals surface area contributed by atoms with Crippen LogP contribution >= 0.6 is 0 Å². The number of fused-ring (bicyclic) bond motifs is 1. The van der Waals surface area contributed by atoms with Gasteiger partial charge in [-0.2, -0.15) is 0 Å². The predicted octanol–water partition coefficient (Wildman–Crippen LogP) is 3.86. The maximum Gasteiger partial charge on any atom is 0.164 e. The molecule has 2 aromatic heterocycles. The molecule has 0 spiro atoms. The van der Waals surface area contributed by atoms with Crippen molar-refractivity contribution in [3.8, 4) is 11.4 Å². The first-order valence-electron chi connectivity index (χ1n) is 7.57. The van der Waals surface area contributed by atoms with E-state index in [-0.39, 0.29) is 11.6 Å². The molecule has 0 aliphatic carbocycles. The van der Waals surface area contributed by atoms with Gasteiger partial charge in [-0.1, -0.05) is 24.3 Å². The zero-order chi connectivity index (χ0) is 16.5. The predicted molar refractivity (Wildman–Crippen MR) is 89.7 cm³/mol. The smallest absolute Gasteiger partial charge is 0.164 e. The normalized spacial score (nSPS) is 11.0. The summed E-state index contributed by atoms with van der Waals surface area (Å²) in [6, 6.07) is 17.2. The van der Waals surface area contributed by atoms with Gasteiger partial charge in [0.15, 0.2) is 5.65 Å². The van der Waals surface area contributed by atoms with Crippen molar-refractivity contribution in [3.63, 3.8) is 0 Å². The molecule has 0 aliphatic heterocycles. The monoisotopic (exact) mass is 319 g/mol. The summed E-state index contributed by atoms with van der Waals surface area (Å²) in [5.41, 5.74) is 2.71. The molecule has 4 aromatic rings. The van der Waals surface area contributed by atoms with Crippen molar-refractivity contribution in [1.82, 2.24) is 14.5 Å². The highest BCUT2D eigenvalue weighted by Gasteiger charge is 2.15. The second-order valence-electron chi connectivity index (χ2n) is 5.50. The summed E-state index contributed by atoms with van der Waals surface area (Å²) in [4.78, 5) is 9.00.